The fourth-order valence-corrected chi connectivity index (χ4v) is 7.89. The van der Waals surface area contributed by atoms with Crippen LogP contribution in [0.1, 0.15) is 38.7 Å². The van der Waals surface area contributed by atoms with Gasteiger partial charge in [0.2, 0.25) is 10.0 Å². The molecular weight excluding hydrogens is 322 g/mol. The number of hydrogen-bond donors (Lipinski definition) is 0. The molecule has 1 aromatic carbocycles. The molecule has 24 heavy (non-hydrogen) atoms. The zero-order valence-corrected chi connectivity index (χ0v) is 14.9. The van der Waals surface area contributed by atoms with E-state index >= 15 is 0 Å². The standard InChI is InChI=1S/C19H23NO3S/c1-18(2)15-10-11-19(18)13-24(22,23)20(16(19)12-15)17(21)9-8-14-6-4-3-5-7-14/h3-9,15-16H,10-13H2,1-2H3/b9-8+/t15?,16-,19+/m0/s1. The molecule has 0 radical (unpaired) electrons. The van der Waals surface area contributed by atoms with Crippen molar-refractivity contribution in [1.82, 2.24) is 4.31 Å². The summed E-state index contributed by atoms with van der Waals surface area (Å²) in [5.41, 5.74) is 0.626. The summed E-state index contributed by atoms with van der Waals surface area (Å²) in [6, 6.07) is 9.32. The SMILES string of the molecule is CC1(C)C2CC[C@]13CS(=O)(=O)N(C(=O)/C=C/c1ccccc1)[C@H]3C2. The highest BCUT2D eigenvalue weighted by Gasteiger charge is 2.72. The Labute approximate surface area is 143 Å². The Balaban J connectivity index is 1.66. The molecule has 3 atom stereocenters. The number of sulfonamides is 1. The topological polar surface area (TPSA) is 54.5 Å². The van der Waals surface area contributed by atoms with Gasteiger partial charge in [0, 0.05) is 11.5 Å². The molecule has 4 rings (SSSR count). The molecule has 3 aliphatic rings. The maximum Gasteiger partial charge on any atom is 0.260 e. The number of amides is 1. The van der Waals surface area contributed by atoms with Gasteiger partial charge < -0.3 is 0 Å². The van der Waals surface area contributed by atoms with Gasteiger partial charge in [0.25, 0.3) is 5.91 Å². The van der Waals surface area contributed by atoms with Crippen LogP contribution in [0.5, 0.6) is 0 Å². The largest absolute Gasteiger partial charge is 0.269 e. The molecular formula is C19H23NO3S. The highest BCUT2D eigenvalue weighted by Crippen LogP contribution is 2.69. The first-order valence-corrected chi connectivity index (χ1v) is 10.2. The summed E-state index contributed by atoms with van der Waals surface area (Å²) in [5.74, 6) is 0.245. The second-order valence-electron chi connectivity index (χ2n) is 8.00. The van der Waals surface area contributed by atoms with Crippen molar-refractivity contribution in [3.05, 3.63) is 42.0 Å². The smallest absolute Gasteiger partial charge is 0.260 e. The number of rotatable bonds is 2. The third-order valence-corrected chi connectivity index (χ3v) is 8.76. The molecule has 1 heterocycles. The average Bonchev–Trinajstić information content (AvgIpc) is 3.01. The van der Waals surface area contributed by atoms with Crippen LogP contribution in [0, 0.1) is 16.7 Å². The Kier molecular flexibility index (Phi) is 3.27. The van der Waals surface area contributed by atoms with Crippen molar-refractivity contribution in [2.45, 2.75) is 39.2 Å². The quantitative estimate of drug-likeness (QED) is 0.774. The van der Waals surface area contributed by atoms with Gasteiger partial charge in [-0.05, 0) is 42.2 Å². The minimum absolute atomic E-state index is 0.0110. The van der Waals surface area contributed by atoms with E-state index in [4.69, 9.17) is 0 Å². The lowest BCUT2D eigenvalue weighted by atomic mass is 9.69. The van der Waals surface area contributed by atoms with Gasteiger partial charge in [0.1, 0.15) is 0 Å². The highest BCUT2D eigenvalue weighted by atomic mass is 32.2. The molecule has 5 heteroatoms. The molecule has 1 amide bonds. The molecule has 1 saturated heterocycles. The van der Waals surface area contributed by atoms with E-state index in [0.717, 1.165) is 24.8 Å². The molecule has 1 aliphatic heterocycles. The maximum absolute atomic E-state index is 12.8. The molecule has 3 fully saturated rings. The lowest BCUT2D eigenvalue weighted by molar-refractivity contribution is -0.123. The Morgan fingerprint density at radius 3 is 2.62 bits per heavy atom. The molecule has 128 valence electrons. The van der Waals surface area contributed by atoms with Crippen LogP contribution in [-0.4, -0.2) is 30.4 Å². The monoisotopic (exact) mass is 345 g/mol. The van der Waals surface area contributed by atoms with Gasteiger partial charge in [-0.25, -0.2) is 12.7 Å². The number of hydrogen-bond acceptors (Lipinski definition) is 3. The second-order valence-corrected chi connectivity index (χ2v) is 9.85. The fraction of sp³-hybridized carbons (Fsp3) is 0.526. The van der Waals surface area contributed by atoms with Crippen LogP contribution in [0.4, 0.5) is 0 Å². The van der Waals surface area contributed by atoms with E-state index in [-0.39, 0.29) is 22.6 Å². The summed E-state index contributed by atoms with van der Waals surface area (Å²) in [5, 5.41) is 0. The molecule has 2 aliphatic carbocycles. The van der Waals surface area contributed by atoms with Crippen molar-refractivity contribution < 1.29 is 13.2 Å². The zero-order chi connectivity index (χ0) is 17.2. The van der Waals surface area contributed by atoms with Gasteiger partial charge in [0.05, 0.1) is 11.8 Å². The van der Waals surface area contributed by atoms with Gasteiger partial charge >= 0.3 is 0 Å². The van der Waals surface area contributed by atoms with Gasteiger partial charge in [-0.2, -0.15) is 0 Å². The van der Waals surface area contributed by atoms with E-state index in [2.05, 4.69) is 13.8 Å². The van der Waals surface area contributed by atoms with Crippen LogP contribution >= 0.6 is 0 Å². The number of nitrogens with zero attached hydrogens (tertiary/aromatic N) is 1. The molecule has 1 spiro atoms. The van der Waals surface area contributed by atoms with Gasteiger partial charge in [0.15, 0.2) is 0 Å². The highest BCUT2D eigenvalue weighted by molar-refractivity contribution is 7.90. The predicted molar refractivity (Wildman–Crippen MR) is 93.5 cm³/mol. The lowest BCUT2D eigenvalue weighted by Crippen LogP contribution is -2.43. The second kappa shape index (κ2) is 4.94. The first kappa shape index (κ1) is 15.9. The Morgan fingerprint density at radius 1 is 1.25 bits per heavy atom. The molecule has 1 aromatic rings. The fourth-order valence-electron chi connectivity index (χ4n) is 5.38. The summed E-state index contributed by atoms with van der Waals surface area (Å²) in [7, 11) is -3.53. The first-order valence-electron chi connectivity index (χ1n) is 8.57. The van der Waals surface area contributed by atoms with Crippen molar-refractivity contribution in [2.75, 3.05) is 5.75 Å². The Hall–Kier alpha value is -1.62. The van der Waals surface area contributed by atoms with Crippen LogP contribution in [0.2, 0.25) is 0 Å². The number of benzene rings is 1. The zero-order valence-electron chi connectivity index (χ0n) is 14.1. The minimum Gasteiger partial charge on any atom is -0.269 e. The molecule has 2 bridgehead atoms. The predicted octanol–water partition coefficient (Wildman–Crippen LogP) is 3.07. The summed E-state index contributed by atoms with van der Waals surface area (Å²) in [6.07, 6.45) is 5.92. The number of carbonyl (C=O) groups excluding carboxylic acids is 1. The maximum atomic E-state index is 12.8. The lowest BCUT2D eigenvalue weighted by Gasteiger charge is -2.36. The molecule has 1 unspecified atom stereocenters. The minimum atomic E-state index is -3.53. The summed E-state index contributed by atoms with van der Waals surface area (Å²) in [4.78, 5) is 12.7. The van der Waals surface area contributed by atoms with Crippen LogP contribution in [0.15, 0.2) is 36.4 Å². The van der Waals surface area contributed by atoms with E-state index < -0.39 is 15.9 Å². The van der Waals surface area contributed by atoms with Crippen molar-refractivity contribution in [1.29, 1.82) is 0 Å². The number of fused-ring (bicyclic) bond motifs is 1. The first-order chi connectivity index (χ1) is 11.3. The molecule has 0 aromatic heterocycles. The van der Waals surface area contributed by atoms with Crippen LogP contribution < -0.4 is 0 Å². The summed E-state index contributed by atoms with van der Waals surface area (Å²) >= 11 is 0. The van der Waals surface area contributed by atoms with Gasteiger partial charge in [-0.15, -0.1) is 0 Å². The van der Waals surface area contributed by atoms with Crippen molar-refractivity contribution >= 4 is 22.0 Å². The van der Waals surface area contributed by atoms with Crippen molar-refractivity contribution in [3.8, 4) is 0 Å². The Morgan fingerprint density at radius 2 is 1.96 bits per heavy atom. The summed E-state index contributed by atoms with van der Waals surface area (Å²) < 4.78 is 26.7. The third-order valence-electron chi connectivity index (χ3n) is 6.85. The van der Waals surface area contributed by atoms with Crippen molar-refractivity contribution in [3.63, 3.8) is 0 Å². The van der Waals surface area contributed by atoms with E-state index in [1.54, 1.807) is 6.08 Å². The molecule has 0 N–H and O–H groups in total. The third kappa shape index (κ3) is 1.97. The molecule has 4 nitrogen and oxygen atoms in total. The molecule has 2 saturated carbocycles. The van der Waals surface area contributed by atoms with E-state index in [9.17, 15) is 13.2 Å². The normalized spacial score (nSPS) is 35.5. The van der Waals surface area contributed by atoms with Gasteiger partial charge in [-0.1, -0.05) is 44.2 Å². The van der Waals surface area contributed by atoms with E-state index in [0.29, 0.717) is 5.92 Å². The average molecular weight is 345 g/mol. The van der Waals surface area contributed by atoms with Crippen molar-refractivity contribution in [2.24, 2.45) is 16.7 Å². The summed E-state index contributed by atoms with van der Waals surface area (Å²) in [6.45, 7) is 4.38. The van der Waals surface area contributed by atoms with E-state index in [1.807, 2.05) is 30.3 Å². The van der Waals surface area contributed by atoms with Gasteiger partial charge in [-0.3, -0.25) is 4.79 Å². The number of carbonyl (C=O) groups is 1. The Bertz CT molecular complexity index is 812. The van der Waals surface area contributed by atoms with E-state index in [1.165, 1.54) is 10.4 Å². The van der Waals surface area contributed by atoms with Crippen LogP contribution in [0.25, 0.3) is 6.08 Å². The van der Waals surface area contributed by atoms with Crippen LogP contribution in [0.3, 0.4) is 0 Å². The van der Waals surface area contributed by atoms with Crippen LogP contribution in [-0.2, 0) is 14.8 Å².